The van der Waals surface area contributed by atoms with Gasteiger partial charge in [0.25, 0.3) is 0 Å². The van der Waals surface area contributed by atoms with Crippen molar-refractivity contribution >= 4 is 5.82 Å². The van der Waals surface area contributed by atoms with Gasteiger partial charge in [0.1, 0.15) is 6.07 Å². The van der Waals surface area contributed by atoms with Crippen molar-refractivity contribution in [2.45, 2.75) is 20.4 Å². The molecule has 0 aliphatic heterocycles. The van der Waals surface area contributed by atoms with Gasteiger partial charge >= 0.3 is 0 Å². The number of nitrogens with zero attached hydrogens (tertiary/aromatic N) is 6. The average molecular weight is 305 g/mol. The standard InChI is InChI=1S/C16H15N7/c1-11-7-12(2)23(22-11)15-4-3-13(9-20-15)10-21-16-14(8-17)18-5-6-19-16/h3-7,9H,10H2,1-2H3,(H,19,21). The molecule has 0 fully saturated rings. The molecule has 0 saturated heterocycles. The van der Waals surface area contributed by atoms with Gasteiger partial charge in [-0.25, -0.2) is 19.6 Å². The molecule has 1 N–H and O–H groups in total. The van der Waals surface area contributed by atoms with Crippen molar-refractivity contribution in [1.82, 2.24) is 24.7 Å². The molecule has 3 heterocycles. The van der Waals surface area contributed by atoms with E-state index in [1.165, 1.54) is 6.20 Å². The van der Waals surface area contributed by atoms with E-state index in [0.717, 1.165) is 22.8 Å². The number of aromatic nitrogens is 5. The van der Waals surface area contributed by atoms with Crippen LogP contribution in [0, 0.1) is 25.2 Å². The van der Waals surface area contributed by atoms with Crippen molar-refractivity contribution in [2.75, 3.05) is 5.32 Å². The summed E-state index contributed by atoms with van der Waals surface area (Å²) in [5.74, 6) is 1.24. The van der Waals surface area contributed by atoms with Gasteiger partial charge in [0, 0.05) is 30.8 Å². The number of nitrogens with one attached hydrogen (secondary N) is 1. The van der Waals surface area contributed by atoms with E-state index in [-0.39, 0.29) is 5.69 Å². The maximum absolute atomic E-state index is 8.99. The number of nitriles is 1. The Balaban J connectivity index is 1.73. The Bertz CT molecular complexity index is 859. The van der Waals surface area contributed by atoms with Crippen molar-refractivity contribution in [2.24, 2.45) is 0 Å². The molecule has 0 aliphatic carbocycles. The highest BCUT2D eigenvalue weighted by Crippen LogP contribution is 2.12. The van der Waals surface area contributed by atoms with Crippen molar-refractivity contribution in [3.8, 4) is 11.9 Å². The van der Waals surface area contributed by atoms with E-state index in [4.69, 9.17) is 5.26 Å². The first-order chi connectivity index (χ1) is 11.2. The minimum absolute atomic E-state index is 0.278. The van der Waals surface area contributed by atoms with Gasteiger partial charge in [0.05, 0.1) is 5.69 Å². The number of pyridine rings is 1. The largest absolute Gasteiger partial charge is 0.364 e. The topological polar surface area (TPSA) is 92.3 Å². The zero-order chi connectivity index (χ0) is 16.2. The Morgan fingerprint density at radius 3 is 2.65 bits per heavy atom. The van der Waals surface area contributed by atoms with E-state index in [2.05, 4.69) is 25.4 Å². The number of anilines is 1. The minimum atomic E-state index is 0.278. The lowest BCUT2D eigenvalue weighted by molar-refractivity contribution is 0.804. The fourth-order valence-electron chi connectivity index (χ4n) is 2.24. The lowest BCUT2D eigenvalue weighted by atomic mass is 10.2. The highest BCUT2D eigenvalue weighted by atomic mass is 15.3. The predicted molar refractivity (Wildman–Crippen MR) is 84.9 cm³/mol. The molecule has 0 unspecified atom stereocenters. The van der Waals surface area contributed by atoms with E-state index in [1.54, 1.807) is 12.4 Å². The van der Waals surface area contributed by atoms with Crippen LogP contribution in [0.2, 0.25) is 0 Å². The third-order valence-electron chi connectivity index (χ3n) is 3.30. The Hall–Kier alpha value is -3.27. The smallest absolute Gasteiger partial charge is 0.182 e. The van der Waals surface area contributed by atoms with Gasteiger partial charge in [0.15, 0.2) is 17.3 Å². The van der Waals surface area contributed by atoms with Crippen molar-refractivity contribution in [1.29, 1.82) is 5.26 Å². The molecule has 7 heteroatoms. The molecule has 0 saturated carbocycles. The number of hydrogen-bond acceptors (Lipinski definition) is 6. The summed E-state index contributed by atoms with van der Waals surface area (Å²) < 4.78 is 1.81. The zero-order valence-electron chi connectivity index (χ0n) is 12.9. The quantitative estimate of drug-likeness (QED) is 0.794. The Kier molecular flexibility index (Phi) is 3.97. The molecule has 3 aromatic rings. The van der Waals surface area contributed by atoms with Crippen LogP contribution in [0.1, 0.15) is 22.6 Å². The van der Waals surface area contributed by atoms with Crippen LogP contribution in [0.5, 0.6) is 0 Å². The average Bonchev–Trinajstić information content (AvgIpc) is 2.92. The van der Waals surface area contributed by atoms with Crippen molar-refractivity contribution in [3.63, 3.8) is 0 Å². The van der Waals surface area contributed by atoms with Crippen LogP contribution in [0.3, 0.4) is 0 Å². The maximum atomic E-state index is 8.99. The molecule has 0 bridgehead atoms. The molecule has 0 aromatic carbocycles. The van der Waals surface area contributed by atoms with Crippen LogP contribution >= 0.6 is 0 Å². The van der Waals surface area contributed by atoms with Gasteiger partial charge in [0.2, 0.25) is 0 Å². The molecular weight excluding hydrogens is 290 g/mol. The van der Waals surface area contributed by atoms with E-state index in [0.29, 0.717) is 12.4 Å². The molecule has 0 spiro atoms. The highest BCUT2D eigenvalue weighted by Gasteiger charge is 2.06. The maximum Gasteiger partial charge on any atom is 0.182 e. The Labute approximate surface area is 133 Å². The SMILES string of the molecule is Cc1cc(C)n(-c2ccc(CNc3nccnc3C#N)cn2)n1. The van der Waals surface area contributed by atoms with Crippen molar-refractivity contribution < 1.29 is 0 Å². The summed E-state index contributed by atoms with van der Waals surface area (Å²) in [6.45, 7) is 4.46. The van der Waals surface area contributed by atoms with Gasteiger partial charge in [-0.2, -0.15) is 10.4 Å². The molecule has 114 valence electrons. The molecule has 3 aromatic heterocycles. The Morgan fingerprint density at radius 2 is 2.00 bits per heavy atom. The fraction of sp³-hybridized carbons (Fsp3) is 0.188. The van der Waals surface area contributed by atoms with Crippen LogP contribution in [0.25, 0.3) is 5.82 Å². The van der Waals surface area contributed by atoms with E-state index in [9.17, 15) is 0 Å². The summed E-state index contributed by atoms with van der Waals surface area (Å²) in [5.41, 5.74) is 3.25. The third-order valence-corrected chi connectivity index (χ3v) is 3.30. The van der Waals surface area contributed by atoms with Gasteiger partial charge in [-0.3, -0.25) is 0 Å². The first kappa shape index (κ1) is 14.7. The first-order valence-corrected chi connectivity index (χ1v) is 7.11. The molecule has 23 heavy (non-hydrogen) atoms. The van der Waals surface area contributed by atoms with Crippen LogP contribution in [0.4, 0.5) is 5.82 Å². The monoisotopic (exact) mass is 305 g/mol. The van der Waals surface area contributed by atoms with Gasteiger partial charge < -0.3 is 5.32 Å². The summed E-state index contributed by atoms with van der Waals surface area (Å²) in [6.07, 6.45) is 4.82. The third kappa shape index (κ3) is 3.16. The lowest BCUT2D eigenvalue weighted by Crippen LogP contribution is -2.06. The molecule has 0 radical (unpaired) electrons. The normalized spacial score (nSPS) is 10.3. The number of hydrogen-bond donors (Lipinski definition) is 1. The van der Waals surface area contributed by atoms with Crippen LogP contribution in [0.15, 0.2) is 36.8 Å². The summed E-state index contributed by atoms with van der Waals surface area (Å²) in [6, 6.07) is 7.90. The summed E-state index contributed by atoms with van der Waals surface area (Å²) in [7, 11) is 0. The van der Waals surface area contributed by atoms with Gasteiger partial charge in [-0.05, 0) is 31.5 Å². The zero-order valence-corrected chi connectivity index (χ0v) is 12.9. The molecule has 0 atom stereocenters. The van der Waals surface area contributed by atoms with Gasteiger partial charge in [-0.15, -0.1) is 0 Å². The van der Waals surface area contributed by atoms with Crippen molar-refractivity contribution in [3.05, 3.63) is 59.4 Å². The lowest BCUT2D eigenvalue weighted by Gasteiger charge is -2.07. The first-order valence-electron chi connectivity index (χ1n) is 7.11. The van der Waals surface area contributed by atoms with E-state index in [1.807, 2.05) is 42.8 Å². The second-order valence-electron chi connectivity index (χ2n) is 5.08. The molecular formula is C16H15N7. The molecule has 7 nitrogen and oxygen atoms in total. The highest BCUT2D eigenvalue weighted by molar-refractivity contribution is 5.47. The van der Waals surface area contributed by atoms with Gasteiger partial charge in [-0.1, -0.05) is 6.07 Å². The minimum Gasteiger partial charge on any atom is -0.364 e. The van der Waals surface area contributed by atoms with Crippen LogP contribution in [-0.2, 0) is 6.54 Å². The number of aryl methyl sites for hydroxylation is 2. The summed E-state index contributed by atoms with van der Waals surface area (Å²) in [5, 5.41) is 16.5. The fourth-order valence-corrected chi connectivity index (χ4v) is 2.24. The second-order valence-corrected chi connectivity index (χ2v) is 5.08. The summed E-state index contributed by atoms with van der Waals surface area (Å²) in [4.78, 5) is 12.5. The Morgan fingerprint density at radius 1 is 1.17 bits per heavy atom. The van der Waals surface area contributed by atoms with Crippen LogP contribution < -0.4 is 5.32 Å². The van der Waals surface area contributed by atoms with E-state index >= 15 is 0 Å². The predicted octanol–water partition coefficient (Wildman–Crippen LogP) is 2.16. The van der Waals surface area contributed by atoms with Crippen LogP contribution in [-0.4, -0.2) is 24.7 Å². The molecule has 0 aliphatic rings. The second kappa shape index (κ2) is 6.23. The van der Waals surface area contributed by atoms with E-state index < -0.39 is 0 Å². The number of rotatable bonds is 4. The summed E-state index contributed by atoms with van der Waals surface area (Å²) >= 11 is 0. The molecule has 0 amide bonds. The molecule has 3 rings (SSSR count).